The van der Waals surface area contributed by atoms with Crippen LogP contribution in [0.3, 0.4) is 0 Å². The molecule has 1 fully saturated rings. The van der Waals surface area contributed by atoms with Crippen molar-refractivity contribution in [2.75, 3.05) is 7.05 Å². The lowest BCUT2D eigenvalue weighted by Gasteiger charge is -2.42. The van der Waals surface area contributed by atoms with Gasteiger partial charge in [-0.3, -0.25) is 4.79 Å². The number of carbonyl (C=O) groups is 1. The molecule has 0 aliphatic carbocycles. The highest BCUT2D eigenvalue weighted by molar-refractivity contribution is 5.84. The number of nitrogens with one attached hydrogen (secondary N) is 1. The Balaban J connectivity index is 2.77. The van der Waals surface area contributed by atoms with Gasteiger partial charge in [-0.1, -0.05) is 0 Å². The fourth-order valence-electron chi connectivity index (χ4n) is 0.550. The molecule has 0 radical (unpaired) electrons. The third-order valence-corrected chi connectivity index (χ3v) is 1.25. The maximum Gasteiger partial charge on any atom is 0.375 e. The molecule has 1 rings (SSSR count). The van der Waals surface area contributed by atoms with Gasteiger partial charge < -0.3 is 20.6 Å². The number of carbonyl (C=O) groups excluding carboxylic acids is 1. The first-order valence-corrected chi connectivity index (χ1v) is 2.70. The minimum Gasteiger partial charge on any atom is -0.354 e. The average molecular weight is 165 g/mol. The predicted octanol–water partition coefficient (Wildman–Crippen LogP) is -2.98. The summed E-state index contributed by atoms with van der Waals surface area (Å²) in [6, 6.07) is 0. The minimum atomic E-state index is -2.98. The normalized spacial score (nSPS) is 34.2. The maximum atomic E-state index is 10.6. The molecule has 0 bridgehead atoms. The Hall–Kier alpha value is -0.730. The second kappa shape index (κ2) is 2.13. The molecule has 7 heteroatoms. The van der Waals surface area contributed by atoms with E-state index in [0.717, 1.165) is 0 Å². The summed E-state index contributed by atoms with van der Waals surface area (Å²) in [5.74, 6) is -6.82. The number of amides is 1. The second-order valence-electron chi connectivity index (χ2n) is 2.00. The van der Waals surface area contributed by atoms with Gasteiger partial charge in [-0.05, 0) is 0 Å². The van der Waals surface area contributed by atoms with Gasteiger partial charge in [0.1, 0.15) is 0 Å². The largest absolute Gasteiger partial charge is 0.375 e. The maximum absolute atomic E-state index is 10.6. The quantitative estimate of drug-likeness (QED) is 0.244. The molecule has 1 aliphatic heterocycles. The van der Waals surface area contributed by atoms with Crippen molar-refractivity contribution in [1.29, 1.82) is 0 Å². The summed E-state index contributed by atoms with van der Waals surface area (Å²) >= 11 is 0. The van der Waals surface area contributed by atoms with E-state index in [1.54, 1.807) is 0 Å². The van der Waals surface area contributed by atoms with Crippen LogP contribution in [0.25, 0.3) is 0 Å². The zero-order chi connectivity index (χ0) is 8.70. The fraction of sp³-hybridized carbons (Fsp3) is 0.750. The standard InChI is InChI=1S/C4H7NO6/c1-5-2(6)3(7)4(8,9)11-10-3/h7-9H,1H3,(H,5,6). The molecule has 11 heavy (non-hydrogen) atoms. The van der Waals surface area contributed by atoms with Crippen molar-refractivity contribution in [2.24, 2.45) is 0 Å². The summed E-state index contributed by atoms with van der Waals surface area (Å²) in [4.78, 5) is 18.1. The number of hydrogen-bond acceptors (Lipinski definition) is 6. The van der Waals surface area contributed by atoms with Gasteiger partial charge in [0.2, 0.25) is 0 Å². The molecule has 1 saturated heterocycles. The zero-order valence-corrected chi connectivity index (χ0v) is 5.57. The van der Waals surface area contributed by atoms with E-state index in [1.807, 2.05) is 5.32 Å². The van der Waals surface area contributed by atoms with E-state index in [-0.39, 0.29) is 0 Å². The van der Waals surface area contributed by atoms with E-state index < -0.39 is 17.7 Å². The Morgan fingerprint density at radius 2 is 1.91 bits per heavy atom. The van der Waals surface area contributed by atoms with Crippen molar-refractivity contribution in [3.8, 4) is 0 Å². The fourth-order valence-corrected chi connectivity index (χ4v) is 0.550. The number of aliphatic hydroxyl groups is 3. The van der Waals surface area contributed by atoms with E-state index in [1.165, 1.54) is 7.05 Å². The van der Waals surface area contributed by atoms with Gasteiger partial charge in [0.25, 0.3) is 5.91 Å². The van der Waals surface area contributed by atoms with Crippen LogP contribution in [-0.2, 0) is 14.6 Å². The summed E-state index contributed by atoms with van der Waals surface area (Å²) in [6.07, 6.45) is 0. The molecule has 7 nitrogen and oxygen atoms in total. The van der Waals surface area contributed by atoms with Crippen LogP contribution in [-0.4, -0.2) is 40.0 Å². The summed E-state index contributed by atoms with van der Waals surface area (Å²) in [5, 5.41) is 28.2. The third kappa shape index (κ3) is 0.905. The molecule has 4 N–H and O–H groups in total. The number of rotatable bonds is 1. The van der Waals surface area contributed by atoms with E-state index in [0.29, 0.717) is 0 Å². The van der Waals surface area contributed by atoms with Gasteiger partial charge in [-0.2, -0.15) is 9.78 Å². The van der Waals surface area contributed by atoms with Crippen LogP contribution < -0.4 is 5.32 Å². The summed E-state index contributed by atoms with van der Waals surface area (Å²) in [7, 11) is 1.19. The van der Waals surface area contributed by atoms with Gasteiger partial charge in [-0.25, -0.2) is 0 Å². The van der Waals surface area contributed by atoms with Gasteiger partial charge in [0.05, 0.1) is 0 Å². The Bertz CT molecular complexity index is 191. The monoisotopic (exact) mass is 165 g/mol. The van der Waals surface area contributed by atoms with Crippen molar-refractivity contribution in [2.45, 2.75) is 11.8 Å². The molecule has 1 unspecified atom stereocenters. The third-order valence-electron chi connectivity index (χ3n) is 1.25. The van der Waals surface area contributed by atoms with Crippen LogP contribution in [0.4, 0.5) is 0 Å². The first-order valence-electron chi connectivity index (χ1n) is 2.70. The van der Waals surface area contributed by atoms with E-state index in [2.05, 4.69) is 9.78 Å². The Morgan fingerprint density at radius 3 is 2.00 bits per heavy atom. The van der Waals surface area contributed by atoms with E-state index in [4.69, 9.17) is 15.3 Å². The van der Waals surface area contributed by atoms with Crippen LogP contribution in [0, 0.1) is 0 Å². The first-order chi connectivity index (χ1) is 4.94. The molecule has 1 aliphatic rings. The Morgan fingerprint density at radius 1 is 1.36 bits per heavy atom. The SMILES string of the molecule is CNC(=O)C1(O)OOC1(O)O. The van der Waals surface area contributed by atoms with Crippen LogP contribution in [0.1, 0.15) is 0 Å². The second-order valence-corrected chi connectivity index (χ2v) is 2.00. The lowest BCUT2D eigenvalue weighted by atomic mass is 10.2. The highest BCUT2D eigenvalue weighted by atomic mass is 17.3. The zero-order valence-electron chi connectivity index (χ0n) is 5.57. The molecule has 0 spiro atoms. The van der Waals surface area contributed by atoms with Crippen LogP contribution >= 0.6 is 0 Å². The lowest BCUT2D eigenvalue weighted by Crippen LogP contribution is -2.73. The summed E-state index contributed by atoms with van der Waals surface area (Å²) in [6.45, 7) is 0. The van der Waals surface area contributed by atoms with Crippen molar-refractivity contribution < 1.29 is 29.9 Å². The molecule has 0 aromatic rings. The molecule has 64 valence electrons. The molecule has 0 aromatic carbocycles. The summed E-state index contributed by atoms with van der Waals surface area (Å²) in [5.41, 5.74) is 0. The molecular formula is C4H7NO6. The van der Waals surface area contributed by atoms with Crippen molar-refractivity contribution >= 4 is 5.91 Å². The molecule has 0 aromatic heterocycles. The van der Waals surface area contributed by atoms with Crippen LogP contribution in [0.5, 0.6) is 0 Å². The average Bonchev–Trinajstić information content (AvgIpc) is 1.99. The molecule has 1 heterocycles. The molecule has 0 saturated carbocycles. The smallest absolute Gasteiger partial charge is 0.354 e. The first kappa shape index (κ1) is 8.37. The van der Waals surface area contributed by atoms with E-state index >= 15 is 0 Å². The molecular weight excluding hydrogens is 158 g/mol. The van der Waals surface area contributed by atoms with Crippen molar-refractivity contribution in [3.63, 3.8) is 0 Å². The van der Waals surface area contributed by atoms with Crippen LogP contribution in [0.2, 0.25) is 0 Å². The van der Waals surface area contributed by atoms with Gasteiger partial charge in [-0.15, -0.1) is 0 Å². The van der Waals surface area contributed by atoms with E-state index in [9.17, 15) is 4.79 Å². The van der Waals surface area contributed by atoms with Gasteiger partial charge in [0, 0.05) is 7.05 Å². The van der Waals surface area contributed by atoms with Crippen LogP contribution in [0.15, 0.2) is 0 Å². The number of likely N-dealkylation sites (N-methyl/N-ethyl adjacent to an activating group) is 1. The minimum absolute atomic E-state index is 1.10. The number of hydrogen-bond donors (Lipinski definition) is 4. The van der Waals surface area contributed by atoms with Crippen molar-refractivity contribution in [1.82, 2.24) is 5.32 Å². The predicted molar refractivity (Wildman–Crippen MR) is 28.4 cm³/mol. The highest BCUT2D eigenvalue weighted by Crippen LogP contribution is 2.33. The van der Waals surface area contributed by atoms with Crippen molar-refractivity contribution in [3.05, 3.63) is 0 Å². The highest BCUT2D eigenvalue weighted by Gasteiger charge is 2.69. The Labute approximate surface area is 61.1 Å². The van der Waals surface area contributed by atoms with Gasteiger partial charge >= 0.3 is 11.8 Å². The van der Waals surface area contributed by atoms with Gasteiger partial charge in [0.15, 0.2) is 0 Å². The topological polar surface area (TPSA) is 108 Å². The lowest BCUT2D eigenvalue weighted by molar-refractivity contribution is -0.685. The Kier molecular flexibility index (Phi) is 1.62. The molecule has 1 atom stereocenters. The molecule has 1 amide bonds. The summed E-state index contributed by atoms with van der Waals surface area (Å²) < 4.78 is 0.